The molecule has 0 spiro atoms. The predicted molar refractivity (Wildman–Crippen MR) is 101 cm³/mol. The average molecular weight is 358 g/mol. The number of carbonyl (C=O) groups excluding carboxylic acids is 1. The number of ether oxygens (including phenoxy) is 1. The molecule has 1 unspecified atom stereocenters. The van der Waals surface area contributed by atoms with Crippen molar-refractivity contribution in [3.8, 4) is 17.1 Å². The van der Waals surface area contributed by atoms with Crippen molar-refractivity contribution in [1.29, 1.82) is 0 Å². The number of aromatic nitrogens is 3. The Morgan fingerprint density at radius 1 is 1.36 bits per heavy atom. The van der Waals surface area contributed by atoms with Crippen LogP contribution in [-0.4, -0.2) is 39.6 Å². The van der Waals surface area contributed by atoms with Gasteiger partial charge < -0.3 is 10.1 Å². The Kier molecular flexibility index (Phi) is 6.82. The first kappa shape index (κ1) is 18.8. The molecule has 7 heteroatoms. The molecular formula is C18H22N4O2S. The molecule has 1 atom stereocenters. The quantitative estimate of drug-likeness (QED) is 0.551. The summed E-state index contributed by atoms with van der Waals surface area (Å²) in [6.07, 6.45) is 3.42. The van der Waals surface area contributed by atoms with Crippen molar-refractivity contribution < 1.29 is 9.53 Å². The van der Waals surface area contributed by atoms with Gasteiger partial charge in [-0.05, 0) is 19.1 Å². The van der Waals surface area contributed by atoms with Gasteiger partial charge in [-0.25, -0.2) is 0 Å². The number of allylic oxidation sites excluding steroid dienone is 1. The molecule has 1 N–H and O–H groups in total. The summed E-state index contributed by atoms with van der Waals surface area (Å²) >= 11 is 1.35. The average Bonchev–Trinajstić information content (AvgIpc) is 3.02. The number of para-hydroxylation sites is 1. The third-order valence-corrected chi connectivity index (χ3v) is 4.53. The Labute approximate surface area is 152 Å². The highest BCUT2D eigenvalue weighted by molar-refractivity contribution is 8.00. The third kappa shape index (κ3) is 4.51. The van der Waals surface area contributed by atoms with Gasteiger partial charge in [-0.15, -0.1) is 23.4 Å². The third-order valence-electron chi connectivity index (χ3n) is 3.45. The van der Waals surface area contributed by atoms with Crippen molar-refractivity contribution in [1.82, 2.24) is 20.1 Å². The maximum Gasteiger partial charge on any atom is 0.233 e. The molecule has 25 heavy (non-hydrogen) atoms. The summed E-state index contributed by atoms with van der Waals surface area (Å²) in [6, 6.07) is 7.62. The van der Waals surface area contributed by atoms with E-state index in [0.717, 1.165) is 5.56 Å². The van der Waals surface area contributed by atoms with E-state index in [1.165, 1.54) is 11.8 Å². The van der Waals surface area contributed by atoms with Gasteiger partial charge in [0.1, 0.15) is 5.75 Å². The van der Waals surface area contributed by atoms with Crippen LogP contribution in [0.5, 0.6) is 5.75 Å². The highest BCUT2D eigenvalue weighted by Crippen LogP contribution is 2.32. The van der Waals surface area contributed by atoms with Crippen LogP contribution in [0.4, 0.5) is 0 Å². The number of carbonyl (C=O) groups is 1. The maximum absolute atomic E-state index is 12.1. The normalized spacial score (nSPS) is 11.6. The molecule has 1 heterocycles. The number of nitrogens with one attached hydrogen (secondary N) is 1. The fourth-order valence-electron chi connectivity index (χ4n) is 2.23. The topological polar surface area (TPSA) is 69.0 Å². The minimum Gasteiger partial charge on any atom is -0.496 e. The van der Waals surface area contributed by atoms with Crippen molar-refractivity contribution in [3.05, 3.63) is 49.6 Å². The van der Waals surface area contributed by atoms with Crippen LogP contribution in [-0.2, 0) is 11.3 Å². The monoisotopic (exact) mass is 358 g/mol. The van der Waals surface area contributed by atoms with Crippen LogP contribution in [0.3, 0.4) is 0 Å². The van der Waals surface area contributed by atoms with E-state index in [0.29, 0.717) is 29.8 Å². The fraction of sp³-hybridized carbons (Fsp3) is 0.278. The van der Waals surface area contributed by atoms with Gasteiger partial charge >= 0.3 is 0 Å². The largest absolute Gasteiger partial charge is 0.496 e. The zero-order chi connectivity index (χ0) is 18.2. The van der Waals surface area contributed by atoms with Gasteiger partial charge in [0.15, 0.2) is 11.0 Å². The molecule has 6 nitrogen and oxygen atoms in total. The van der Waals surface area contributed by atoms with Gasteiger partial charge in [-0.3, -0.25) is 9.36 Å². The van der Waals surface area contributed by atoms with Gasteiger partial charge in [0.25, 0.3) is 0 Å². The maximum atomic E-state index is 12.1. The Morgan fingerprint density at radius 3 is 2.80 bits per heavy atom. The van der Waals surface area contributed by atoms with Crippen LogP contribution in [0.2, 0.25) is 0 Å². The van der Waals surface area contributed by atoms with E-state index in [9.17, 15) is 4.79 Å². The molecule has 0 saturated heterocycles. The number of hydrogen-bond donors (Lipinski definition) is 1. The van der Waals surface area contributed by atoms with E-state index in [1.54, 1.807) is 19.3 Å². The molecule has 2 aromatic rings. The lowest BCUT2D eigenvalue weighted by molar-refractivity contribution is -0.120. The highest BCUT2D eigenvalue weighted by atomic mass is 32.2. The highest BCUT2D eigenvalue weighted by Gasteiger charge is 2.21. The molecular weight excluding hydrogens is 336 g/mol. The van der Waals surface area contributed by atoms with Crippen LogP contribution in [0.1, 0.15) is 6.92 Å². The second-order valence-electron chi connectivity index (χ2n) is 5.20. The van der Waals surface area contributed by atoms with Crippen LogP contribution >= 0.6 is 11.8 Å². The van der Waals surface area contributed by atoms with Crippen molar-refractivity contribution in [2.24, 2.45) is 0 Å². The number of rotatable bonds is 9. The zero-order valence-electron chi connectivity index (χ0n) is 14.4. The lowest BCUT2D eigenvalue weighted by Crippen LogP contribution is -2.31. The Hall–Kier alpha value is -2.54. The Balaban J connectivity index is 2.31. The van der Waals surface area contributed by atoms with Crippen molar-refractivity contribution in [2.75, 3.05) is 13.7 Å². The summed E-state index contributed by atoms with van der Waals surface area (Å²) < 4.78 is 7.34. The van der Waals surface area contributed by atoms with E-state index in [-0.39, 0.29) is 11.2 Å². The second-order valence-corrected chi connectivity index (χ2v) is 6.51. The molecule has 0 fully saturated rings. The van der Waals surface area contributed by atoms with E-state index < -0.39 is 0 Å². The number of hydrogen-bond acceptors (Lipinski definition) is 5. The number of amides is 1. The summed E-state index contributed by atoms with van der Waals surface area (Å²) in [5, 5.41) is 11.7. The zero-order valence-corrected chi connectivity index (χ0v) is 15.3. The van der Waals surface area contributed by atoms with Gasteiger partial charge in [0.2, 0.25) is 5.91 Å². The molecule has 132 valence electrons. The summed E-state index contributed by atoms with van der Waals surface area (Å²) in [7, 11) is 1.62. The molecule has 0 bridgehead atoms. The summed E-state index contributed by atoms with van der Waals surface area (Å²) in [5.41, 5.74) is 0.843. The van der Waals surface area contributed by atoms with Crippen LogP contribution in [0, 0.1) is 0 Å². The lowest BCUT2D eigenvalue weighted by atomic mass is 10.2. The second kappa shape index (κ2) is 9.08. The summed E-state index contributed by atoms with van der Waals surface area (Å²) in [6.45, 7) is 10.2. The molecule has 0 saturated carbocycles. The van der Waals surface area contributed by atoms with Gasteiger partial charge in [-0.1, -0.05) is 36.0 Å². The Morgan fingerprint density at radius 2 is 2.12 bits per heavy atom. The van der Waals surface area contributed by atoms with Crippen LogP contribution < -0.4 is 10.1 Å². The number of thioether (sulfide) groups is 1. The molecule has 0 radical (unpaired) electrons. The standard InChI is InChI=1S/C18H22N4O2S/c1-5-11-19-17(23)13(3)25-18-21-20-16(22(18)12-6-2)14-9-7-8-10-15(14)24-4/h5-10,13H,1-2,11-12H2,3-4H3,(H,19,23). The van der Waals surface area contributed by atoms with Crippen molar-refractivity contribution >= 4 is 17.7 Å². The molecule has 0 aliphatic heterocycles. The fourth-order valence-corrected chi connectivity index (χ4v) is 3.11. The molecule has 1 aromatic heterocycles. The molecule has 0 aliphatic carbocycles. The minimum absolute atomic E-state index is 0.0723. The van der Waals surface area contributed by atoms with Gasteiger partial charge in [0, 0.05) is 13.1 Å². The molecule has 1 amide bonds. The smallest absolute Gasteiger partial charge is 0.233 e. The number of methoxy groups -OCH3 is 1. The van der Waals surface area contributed by atoms with E-state index in [2.05, 4.69) is 28.7 Å². The molecule has 1 aromatic carbocycles. The first-order valence-corrected chi connectivity index (χ1v) is 8.73. The van der Waals surface area contributed by atoms with Crippen molar-refractivity contribution in [3.63, 3.8) is 0 Å². The van der Waals surface area contributed by atoms with Crippen LogP contribution in [0.25, 0.3) is 11.4 Å². The van der Waals surface area contributed by atoms with Crippen LogP contribution in [0.15, 0.2) is 54.7 Å². The van der Waals surface area contributed by atoms with E-state index >= 15 is 0 Å². The van der Waals surface area contributed by atoms with Crippen molar-refractivity contribution in [2.45, 2.75) is 23.9 Å². The summed E-state index contributed by atoms with van der Waals surface area (Å²) in [4.78, 5) is 12.1. The van der Waals surface area contributed by atoms with Gasteiger partial charge in [-0.2, -0.15) is 0 Å². The molecule has 0 aliphatic rings. The Bertz CT molecular complexity index is 757. The number of benzene rings is 1. The van der Waals surface area contributed by atoms with Gasteiger partial charge in [0.05, 0.1) is 17.9 Å². The SMILES string of the molecule is C=CCNC(=O)C(C)Sc1nnc(-c2ccccc2OC)n1CC=C. The van der Waals surface area contributed by atoms with E-state index in [1.807, 2.05) is 35.8 Å². The minimum atomic E-state index is -0.307. The summed E-state index contributed by atoms with van der Waals surface area (Å²) in [5.74, 6) is 1.32. The van der Waals surface area contributed by atoms with E-state index in [4.69, 9.17) is 4.74 Å². The molecule has 2 rings (SSSR count). The lowest BCUT2D eigenvalue weighted by Gasteiger charge is -2.13. The first-order valence-electron chi connectivity index (χ1n) is 7.85. The first-order chi connectivity index (χ1) is 12.1. The predicted octanol–water partition coefficient (Wildman–Crippen LogP) is 2.92. The number of nitrogens with zero attached hydrogens (tertiary/aromatic N) is 3.